The second-order valence-corrected chi connectivity index (χ2v) is 7.19. The molecule has 3 aromatic rings. The number of benzene rings is 2. The highest BCUT2D eigenvalue weighted by molar-refractivity contribution is 6.33. The molecule has 1 aromatic heterocycles. The van der Waals surface area contributed by atoms with Gasteiger partial charge in [0.15, 0.2) is 0 Å². The van der Waals surface area contributed by atoms with E-state index in [4.69, 9.17) is 16.6 Å². The van der Waals surface area contributed by atoms with E-state index in [1.807, 2.05) is 59.5 Å². The predicted octanol–water partition coefficient (Wildman–Crippen LogP) is 4.33. The number of likely N-dealkylation sites (N-methyl/N-ethyl adjacent to an activating group) is 1. The van der Waals surface area contributed by atoms with Crippen molar-refractivity contribution in [1.29, 1.82) is 0 Å². The number of nitrogens with zero attached hydrogens (tertiary/aromatic N) is 3. The topological polar surface area (TPSA) is 36.4 Å². The maximum atomic E-state index is 13.3. The third-order valence-electron chi connectivity index (χ3n) is 5.20. The molecule has 5 heteroatoms. The zero-order chi connectivity index (χ0) is 18.8. The molecule has 0 radical (unpaired) electrons. The molecule has 2 aromatic carbocycles. The van der Waals surface area contributed by atoms with Crippen LogP contribution in [-0.4, -0.2) is 53.4 Å². The standard InChI is InChI=1S/C22H22ClN3O/c1-2-25-11-13-26(14-12-25)22(27)18-15-21(17-8-3-5-9-19(17)23)24-20-10-6-4-7-16(18)20/h3-10,15H,2,11-14H2,1H3. The first-order valence-corrected chi connectivity index (χ1v) is 9.71. The molecule has 1 aliphatic heterocycles. The maximum absolute atomic E-state index is 13.3. The SMILES string of the molecule is CCN1CCN(C(=O)c2cc(-c3ccccc3Cl)nc3ccccc23)CC1. The Hall–Kier alpha value is -2.43. The molecule has 0 saturated carbocycles. The van der Waals surface area contributed by atoms with Crippen LogP contribution in [0.2, 0.25) is 5.02 Å². The molecule has 1 saturated heterocycles. The van der Waals surface area contributed by atoms with Crippen molar-refractivity contribution in [2.24, 2.45) is 0 Å². The summed E-state index contributed by atoms with van der Waals surface area (Å²) in [6, 6.07) is 17.3. The summed E-state index contributed by atoms with van der Waals surface area (Å²) in [6.07, 6.45) is 0. The van der Waals surface area contributed by atoms with Crippen molar-refractivity contribution in [1.82, 2.24) is 14.8 Å². The number of hydrogen-bond donors (Lipinski definition) is 0. The van der Waals surface area contributed by atoms with Crippen molar-refractivity contribution in [2.45, 2.75) is 6.92 Å². The van der Waals surface area contributed by atoms with Gasteiger partial charge in [0.05, 0.1) is 16.8 Å². The van der Waals surface area contributed by atoms with E-state index in [0.717, 1.165) is 54.9 Å². The molecule has 0 bridgehead atoms. The van der Waals surface area contributed by atoms with Crippen LogP contribution in [0.3, 0.4) is 0 Å². The van der Waals surface area contributed by atoms with Gasteiger partial charge in [-0.1, -0.05) is 54.9 Å². The molecule has 27 heavy (non-hydrogen) atoms. The molecule has 0 spiro atoms. The number of hydrogen-bond acceptors (Lipinski definition) is 3. The van der Waals surface area contributed by atoms with E-state index < -0.39 is 0 Å². The molecule has 0 unspecified atom stereocenters. The van der Waals surface area contributed by atoms with Crippen molar-refractivity contribution < 1.29 is 4.79 Å². The van der Waals surface area contributed by atoms with Gasteiger partial charge in [-0.25, -0.2) is 4.98 Å². The van der Waals surface area contributed by atoms with Gasteiger partial charge in [-0.05, 0) is 24.7 Å². The highest BCUT2D eigenvalue weighted by Gasteiger charge is 2.24. The number of fused-ring (bicyclic) bond motifs is 1. The van der Waals surface area contributed by atoms with Gasteiger partial charge in [-0.3, -0.25) is 4.79 Å². The Kier molecular flexibility index (Phi) is 5.10. The smallest absolute Gasteiger partial charge is 0.254 e. The monoisotopic (exact) mass is 379 g/mol. The molecule has 1 amide bonds. The fourth-order valence-electron chi connectivity index (χ4n) is 3.60. The Morgan fingerprint density at radius 3 is 2.48 bits per heavy atom. The zero-order valence-corrected chi connectivity index (χ0v) is 16.1. The Balaban J connectivity index is 1.77. The van der Waals surface area contributed by atoms with Crippen LogP contribution in [0, 0.1) is 0 Å². The van der Waals surface area contributed by atoms with Gasteiger partial charge < -0.3 is 9.80 Å². The van der Waals surface area contributed by atoms with E-state index in [0.29, 0.717) is 10.6 Å². The Labute approximate surface area is 164 Å². The lowest BCUT2D eigenvalue weighted by Crippen LogP contribution is -2.48. The Morgan fingerprint density at radius 2 is 1.74 bits per heavy atom. The highest BCUT2D eigenvalue weighted by atomic mass is 35.5. The first kappa shape index (κ1) is 18.0. The van der Waals surface area contributed by atoms with Crippen LogP contribution in [-0.2, 0) is 0 Å². The molecular weight excluding hydrogens is 358 g/mol. The first-order valence-electron chi connectivity index (χ1n) is 9.33. The zero-order valence-electron chi connectivity index (χ0n) is 15.4. The van der Waals surface area contributed by atoms with E-state index in [9.17, 15) is 4.79 Å². The number of para-hydroxylation sites is 1. The fraction of sp³-hybridized carbons (Fsp3) is 0.273. The van der Waals surface area contributed by atoms with Crippen molar-refractivity contribution >= 4 is 28.4 Å². The second kappa shape index (κ2) is 7.67. The van der Waals surface area contributed by atoms with E-state index in [2.05, 4.69) is 11.8 Å². The van der Waals surface area contributed by atoms with Crippen molar-refractivity contribution in [3.63, 3.8) is 0 Å². The van der Waals surface area contributed by atoms with Crippen molar-refractivity contribution in [3.8, 4) is 11.3 Å². The number of aromatic nitrogens is 1. The fourth-order valence-corrected chi connectivity index (χ4v) is 3.83. The number of piperazine rings is 1. The van der Waals surface area contributed by atoms with E-state index in [-0.39, 0.29) is 5.91 Å². The van der Waals surface area contributed by atoms with Gasteiger partial charge in [0.2, 0.25) is 0 Å². The van der Waals surface area contributed by atoms with Gasteiger partial charge >= 0.3 is 0 Å². The van der Waals surface area contributed by atoms with Gasteiger partial charge in [-0.15, -0.1) is 0 Å². The summed E-state index contributed by atoms with van der Waals surface area (Å²) >= 11 is 6.38. The lowest BCUT2D eigenvalue weighted by atomic mass is 10.0. The third kappa shape index (κ3) is 3.55. The lowest BCUT2D eigenvalue weighted by Gasteiger charge is -2.34. The molecule has 2 heterocycles. The largest absolute Gasteiger partial charge is 0.336 e. The number of pyridine rings is 1. The molecule has 4 rings (SSSR count). The number of halogens is 1. The molecule has 0 N–H and O–H groups in total. The minimum atomic E-state index is 0.0673. The maximum Gasteiger partial charge on any atom is 0.254 e. The van der Waals surface area contributed by atoms with Crippen molar-refractivity contribution in [2.75, 3.05) is 32.7 Å². The van der Waals surface area contributed by atoms with E-state index >= 15 is 0 Å². The molecular formula is C22H22ClN3O. The van der Waals surface area contributed by atoms with Gasteiger partial charge in [0.25, 0.3) is 5.91 Å². The van der Waals surface area contributed by atoms with Crippen LogP contribution in [0.1, 0.15) is 17.3 Å². The van der Waals surface area contributed by atoms with E-state index in [1.54, 1.807) is 0 Å². The van der Waals surface area contributed by atoms with Crippen LogP contribution in [0.4, 0.5) is 0 Å². The summed E-state index contributed by atoms with van der Waals surface area (Å²) in [5.74, 6) is 0.0673. The van der Waals surface area contributed by atoms with Crippen LogP contribution in [0.5, 0.6) is 0 Å². The molecule has 0 aliphatic carbocycles. The molecule has 138 valence electrons. The highest BCUT2D eigenvalue weighted by Crippen LogP contribution is 2.30. The quantitative estimate of drug-likeness (QED) is 0.679. The van der Waals surface area contributed by atoms with E-state index in [1.165, 1.54) is 0 Å². The number of amides is 1. The third-order valence-corrected chi connectivity index (χ3v) is 5.53. The molecule has 0 atom stereocenters. The summed E-state index contributed by atoms with van der Waals surface area (Å²) < 4.78 is 0. The number of carbonyl (C=O) groups is 1. The Bertz CT molecular complexity index is 980. The van der Waals surface area contributed by atoms with Crippen molar-refractivity contribution in [3.05, 3.63) is 65.2 Å². The molecule has 4 nitrogen and oxygen atoms in total. The summed E-state index contributed by atoms with van der Waals surface area (Å²) in [4.78, 5) is 22.4. The van der Waals surface area contributed by atoms with Crippen LogP contribution in [0.25, 0.3) is 22.2 Å². The second-order valence-electron chi connectivity index (χ2n) is 6.78. The van der Waals surface area contributed by atoms with Crippen LogP contribution < -0.4 is 0 Å². The van der Waals surface area contributed by atoms with Crippen LogP contribution in [0.15, 0.2) is 54.6 Å². The first-order chi connectivity index (χ1) is 13.2. The summed E-state index contributed by atoms with van der Waals surface area (Å²) in [5.41, 5.74) is 3.08. The average molecular weight is 380 g/mol. The number of rotatable bonds is 3. The summed E-state index contributed by atoms with van der Waals surface area (Å²) in [7, 11) is 0. The number of carbonyl (C=O) groups excluding carboxylic acids is 1. The average Bonchev–Trinajstić information content (AvgIpc) is 2.73. The molecule has 1 fully saturated rings. The summed E-state index contributed by atoms with van der Waals surface area (Å²) in [6.45, 7) is 6.53. The molecule has 1 aliphatic rings. The summed E-state index contributed by atoms with van der Waals surface area (Å²) in [5, 5.41) is 1.52. The normalized spacial score (nSPS) is 15.3. The predicted molar refractivity (Wildman–Crippen MR) is 110 cm³/mol. The van der Waals surface area contributed by atoms with Gasteiger partial charge in [0.1, 0.15) is 0 Å². The van der Waals surface area contributed by atoms with Gasteiger partial charge in [-0.2, -0.15) is 0 Å². The van der Waals surface area contributed by atoms with Gasteiger partial charge in [0, 0.05) is 42.2 Å². The minimum absolute atomic E-state index is 0.0673. The Morgan fingerprint density at radius 1 is 1.04 bits per heavy atom. The van der Waals surface area contributed by atoms with Crippen LogP contribution >= 0.6 is 11.6 Å². The minimum Gasteiger partial charge on any atom is -0.336 e. The lowest BCUT2D eigenvalue weighted by molar-refractivity contribution is 0.0645.